The van der Waals surface area contributed by atoms with E-state index in [9.17, 15) is 0 Å². The van der Waals surface area contributed by atoms with Crippen LogP contribution in [0.2, 0.25) is 0 Å². The molecule has 0 aliphatic heterocycles. The van der Waals surface area contributed by atoms with E-state index in [2.05, 4.69) is 108 Å². The molecule has 1 aliphatic rings. The van der Waals surface area contributed by atoms with Crippen LogP contribution in [0.3, 0.4) is 0 Å². The monoisotopic (exact) mass is 419 g/mol. The maximum Gasteiger partial charge on any atom is 0.0480 e. The zero-order valence-corrected chi connectivity index (χ0v) is 18.7. The average molecular weight is 420 g/mol. The van der Waals surface area contributed by atoms with Crippen LogP contribution in [0, 0.1) is 0 Å². The molecule has 1 unspecified atom stereocenters. The number of hydrogen-bond donors (Lipinski definition) is 2. The number of aromatic amines is 1. The summed E-state index contributed by atoms with van der Waals surface area (Å²) in [6.07, 6.45) is 5.67. The summed E-state index contributed by atoms with van der Waals surface area (Å²) >= 11 is 0. The Morgan fingerprint density at radius 2 is 1.78 bits per heavy atom. The van der Waals surface area contributed by atoms with E-state index in [1.54, 1.807) is 0 Å². The molecule has 0 radical (unpaired) electrons. The number of rotatable bonds is 4. The molecule has 0 bridgehead atoms. The van der Waals surface area contributed by atoms with Crippen LogP contribution in [-0.4, -0.2) is 9.55 Å². The first-order valence-corrected chi connectivity index (χ1v) is 11.7. The number of aromatic nitrogens is 2. The Morgan fingerprint density at radius 1 is 0.969 bits per heavy atom. The number of nitrogens with zero attached hydrogens (tertiary/aromatic N) is 1. The zero-order valence-electron chi connectivity index (χ0n) is 18.7. The molecule has 3 nitrogen and oxygen atoms in total. The van der Waals surface area contributed by atoms with Crippen LogP contribution in [0.1, 0.15) is 48.7 Å². The summed E-state index contributed by atoms with van der Waals surface area (Å²) in [5, 5.41) is 6.56. The number of benzene rings is 3. The molecule has 2 atom stereocenters. The molecule has 3 aromatic carbocycles. The number of hydrogen-bond acceptors (Lipinski definition) is 1. The van der Waals surface area contributed by atoms with Crippen LogP contribution < -0.4 is 5.32 Å². The van der Waals surface area contributed by atoms with Crippen LogP contribution in [0.5, 0.6) is 0 Å². The zero-order chi connectivity index (χ0) is 21.7. The van der Waals surface area contributed by atoms with Gasteiger partial charge in [0.25, 0.3) is 0 Å². The van der Waals surface area contributed by atoms with Crippen LogP contribution >= 0.6 is 0 Å². The Kier molecular flexibility index (Phi) is 4.65. The van der Waals surface area contributed by atoms with E-state index in [0.717, 1.165) is 6.42 Å². The van der Waals surface area contributed by atoms with Crippen molar-refractivity contribution in [2.45, 2.75) is 38.3 Å². The van der Waals surface area contributed by atoms with Gasteiger partial charge in [-0.2, -0.15) is 0 Å². The van der Waals surface area contributed by atoms with Gasteiger partial charge in [0.15, 0.2) is 0 Å². The minimum Gasteiger partial charge on any atom is -0.357 e. The molecule has 160 valence electrons. The molecule has 1 aliphatic carbocycles. The number of fused-ring (bicyclic) bond motifs is 4. The largest absolute Gasteiger partial charge is 0.357 e. The van der Waals surface area contributed by atoms with E-state index in [1.165, 1.54) is 62.6 Å². The highest BCUT2D eigenvalue weighted by Crippen LogP contribution is 2.38. The van der Waals surface area contributed by atoms with Gasteiger partial charge >= 0.3 is 0 Å². The van der Waals surface area contributed by atoms with Crippen LogP contribution in [0.25, 0.3) is 32.9 Å². The lowest BCUT2D eigenvalue weighted by Gasteiger charge is -2.27. The van der Waals surface area contributed by atoms with E-state index in [-0.39, 0.29) is 0 Å². The summed E-state index contributed by atoms with van der Waals surface area (Å²) in [5.41, 5.74) is 9.31. The van der Waals surface area contributed by atoms with Crippen molar-refractivity contribution in [1.82, 2.24) is 14.9 Å². The van der Waals surface area contributed by atoms with Gasteiger partial charge in [0.2, 0.25) is 0 Å². The van der Waals surface area contributed by atoms with Crippen molar-refractivity contribution >= 4 is 21.8 Å². The van der Waals surface area contributed by atoms with E-state index in [4.69, 9.17) is 0 Å². The second kappa shape index (κ2) is 7.68. The van der Waals surface area contributed by atoms with Gasteiger partial charge in [-0.25, -0.2) is 0 Å². The molecule has 6 rings (SSSR count). The smallest absolute Gasteiger partial charge is 0.0480 e. The Morgan fingerprint density at radius 3 is 2.66 bits per heavy atom. The number of aryl methyl sites for hydroxylation is 2. The van der Waals surface area contributed by atoms with Crippen LogP contribution in [0.15, 0.2) is 79.0 Å². The SMILES string of the molecule is C[C@@H](NC1CCCc2c1[nH]c1ccc(-c3ccc4c(ccn4C)c3)cc21)c1ccccc1. The van der Waals surface area contributed by atoms with Crippen molar-refractivity contribution in [3.05, 3.63) is 95.8 Å². The Balaban J connectivity index is 1.36. The summed E-state index contributed by atoms with van der Waals surface area (Å²) in [6.45, 7) is 2.27. The molecule has 32 heavy (non-hydrogen) atoms. The van der Waals surface area contributed by atoms with Crippen molar-refractivity contribution in [1.29, 1.82) is 0 Å². The first kappa shape index (κ1) is 19.4. The molecular weight excluding hydrogens is 390 g/mol. The van der Waals surface area contributed by atoms with Gasteiger partial charge in [0.1, 0.15) is 0 Å². The molecule has 2 heterocycles. The van der Waals surface area contributed by atoms with Gasteiger partial charge in [-0.05, 0) is 78.8 Å². The summed E-state index contributed by atoms with van der Waals surface area (Å²) in [6, 6.07) is 27.3. The predicted octanol–water partition coefficient (Wildman–Crippen LogP) is 7.05. The van der Waals surface area contributed by atoms with Gasteiger partial charge in [-0.15, -0.1) is 0 Å². The van der Waals surface area contributed by atoms with E-state index >= 15 is 0 Å². The first-order valence-electron chi connectivity index (χ1n) is 11.7. The number of H-pyrrole nitrogens is 1. The maximum absolute atomic E-state index is 3.89. The third kappa shape index (κ3) is 3.25. The van der Waals surface area contributed by atoms with Crippen molar-refractivity contribution in [2.24, 2.45) is 7.05 Å². The fourth-order valence-electron chi connectivity index (χ4n) is 5.41. The lowest BCUT2D eigenvalue weighted by atomic mass is 9.90. The maximum atomic E-state index is 3.89. The van der Waals surface area contributed by atoms with Gasteiger partial charge in [-0.3, -0.25) is 0 Å². The highest BCUT2D eigenvalue weighted by molar-refractivity contribution is 5.92. The lowest BCUT2D eigenvalue weighted by molar-refractivity contribution is 0.410. The molecule has 0 saturated carbocycles. The highest BCUT2D eigenvalue weighted by atomic mass is 15.0. The molecule has 2 N–H and O–H groups in total. The second-order valence-electron chi connectivity index (χ2n) is 9.22. The van der Waals surface area contributed by atoms with Crippen LogP contribution in [0.4, 0.5) is 0 Å². The normalized spacial score (nSPS) is 17.0. The minimum atomic E-state index is 0.326. The average Bonchev–Trinajstić information content (AvgIpc) is 3.40. The Hall–Kier alpha value is -3.30. The van der Waals surface area contributed by atoms with E-state index < -0.39 is 0 Å². The third-order valence-corrected chi connectivity index (χ3v) is 7.18. The molecule has 0 amide bonds. The van der Waals surface area contributed by atoms with E-state index in [1.807, 2.05) is 0 Å². The van der Waals surface area contributed by atoms with Crippen molar-refractivity contribution in [2.75, 3.05) is 0 Å². The molecule has 0 fully saturated rings. The van der Waals surface area contributed by atoms with Gasteiger partial charge in [0.05, 0.1) is 0 Å². The Bertz CT molecular complexity index is 1410. The fourth-order valence-corrected chi connectivity index (χ4v) is 5.41. The Labute approximate surface area is 189 Å². The van der Waals surface area contributed by atoms with Crippen molar-refractivity contribution in [3.63, 3.8) is 0 Å². The predicted molar refractivity (Wildman–Crippen MR) is 134 cm³/mol. The van der Waals surface area contributed by atoms with Crippen molar-refractivity contribution in [3.8, 4) is 11.1 Å². The summed E-state index contributed by atoms with van der Waals surface area (Å²) in [4.78, 5) is 3.77. The quantitative estimate of drug-likeness (QED) is 0.321. The molecule has 0 spiro atoms. The minimum absolute atomic E-state index is 0.326. The van der Waals surface area contributed by atoms with Gasteiger partial charge in [-0.1, -0.05) is 42.5 Å². The first-order chi connectivity index (χ1) is 15.7. The van der Waals surface area contributed by atoms with Crippen molar-refractivity contribution < 1.29 is 0 Å². The lowest BCUT2D eigenvalue weighted by Crippen LogP contribution is -2.27. The summed E-state index contributed by atoms with van der Waals surface area (Å²) < 4.78 is 2.18. The van der Waals surface area contributed by atoms with E-state index in [0.29, 0.717) is 12.1 Å². The molecule has 0 saturated heterocycles. The standard InChI is InChI=1S/C29H29N3/c1-19(20-7-4-3-5-8-20)30-27-10-6-9-24-25-18-22(11-13-26(25)31-29(24)27)21-12-14-28-23(17-21)15-16-32(28)2/h3-5,7-8,11-19,27,30-31H,6,9-10H2,1-2H3/t19-,27?/m1/s1. The molecule has 5 aromatic rings. The van der Waals surface area contributed by atoms with Crippen LogP contribution in [-0.2, 0) is 13.5 Å². The molecule has 2 aromatic heterocycles. The van der Waals surface area contributed by atoms with Gasteiger partial charge in [0, 0.05) is 52.8 Å². The number of nitrogens with one attached hydrogen (secondary N) is 2. The third-order valence-electron chi connectivity index (χ3n) is 7.18. The second-order valence-corrected chi connectivity index (χ2v) is 9.22. The fraction of sp³-hybridized carbons (Fsp3) is 0.241. The van der Waals surface area contributed by atoms with Gasteiger partial charge < -0.3 is 14.9 Å². The summed E-state index contributed by atoms with van der Waals surface area (Å²) in [7, 11) is 2.10. The highest BCUT2D eigenvalue weighted by Gasteiger charge is 2.25. The summed E-state index contributed by atoms with van der Waals surface area (Å²) in [5.74, 6) is 0. The topological polar surface area (TPSA) is 32.8 Å². The molecule has 3 heteroatoms. The molecular formula is C29H29N3.